The predicted molar refractivity (Wildman–Crippen MR) is 183 cm³/mol. The van der Waals surface area contributed by atoms with Crippen molar-refractivity contribution in [1.82, 2.24) is 14.2 Å². The first-order chi connectivity index (χ1) is 23.0. The van der Waals surface area contributed by atoms with Gasteiger partial charge in [-0.15, -0.1) is 0 Å². The van der Waals surface area contributed by atoms with Crippen LogP contribution in [0.3, 0.4) is 0 Å². The third-order valence-electron chi connectivity index (χ3n) is 8.00. The molecule has 1 aliphatic heterocycles. The van der Waals surface area contributed by atoms with E-state index in [0.29, 0.717) is 36.4 Å². The number of carbonyl (C=O) groups is 1. The number of piperidine rings is 1. The molecule has 0 bridgehead atoms. The van der Waals surface area contributed by atoms with Gasteiger partial charge in [0.1, 0.15) is 4.90 Å². The summed E-state index contributed by atoms with van der Waals surface area (Å²) in [5.74, 6) is -0.662. The van der Waals surface area contributed by atoms with E-state index < -0.39 is 31.5 Å². The molecule has 250 valence electrons. The van der Waals surface area contributed by atoms with Gasteiger partial charge in [-0.25, -0.2) is 8.42 Å². The highest BCUT2D eigenvalue weighted by Crippen LogP contribution is 2.38. The molecule has 14 nitrogen and oxygen atoms in total. The number of pyridine rings is 1. The maximum absolute atomic E-state index is 13.9. The number of amides is 1. The molecule has 0 spiro atoms. The molecule has 0 radical (unpaired) electrons. The smallest absolute Gasteiger partial charge is 0.283 e. The number of hydrazone groups is 1. The first-order valence-electron chi connectivity index (χ1n) is 15.2. The average Bonchev–Trinajstić information content (AvgIpc) is 3.09. The van der Waals surface area contributed by atoms with Crippen molar-refractivity contribution >= 4 is 61.9 Å². The fourth-order valence-electron chi connectivity index (χ4n) is 5.52. The second-order valence-electron chi connectivity index (χ2n) is 10.9. The van der Waals surface area contributed by atoms with Crippen LogP contribution >= 0.6 is 11.8 Å². The summed E-state index contributed by atoms with van der Waals surface area (Å²) in [5, 5.41) is 28.6. The second kappa shape index (κ2) is 14.9. The van der Waals surface area contributed by atoms with Crippen LogP contribution in [0.2, 0.25) is 0 Å². The third-order valence-corrected chi connectivity index (χ3v) is 11.0. The Kier molecular flexibility index (Phi) is 10.7. The first kappa shape index (κ1) is 34.4. The van der Waals surface area contributed by atoms with Crippen LogP contribution in [0.25, 0.3) is 10.9 Å². The van der Waals surface area contributed by atoms with E-state index in [1.165, 1.54) is 34.4 Å². The number of fused-ring (bicyclic) bond motifs is 1. The molecule has 0 unspecified atom stereocenters. The lowest BCUT2D eigenvalue weighted by Crippen LogP contribution is -2.46. The van der Waals surface area contributed by atoms with E-state index in [9.17, 15) is 33.4 Å². The van der Waals surface area contributed by atoms with Crippen LogP contribution in [0.1, 0.15) is 32.3 Å². The Bertz CT molecular complexity index is 2000. The molecular weight excluding hydrogens is 659 g/mol. The number of anilines is 1. The monoisotopic (exact) mass is 691 g/mol. The number of non-ortho nitro benzene ring substituents is 1. The van der Waals surface area contributed by atoms with Gasteiger partial charge in [-0.2, -0.15) is 9.41 Å². The van der Waals surface area contributed by atoms with E-state index in [1.54, 1.807) is 23.2 Å². The number of carbonyl (C=O) groups excluding carboxylic acids is 1. The summed E-state index contributed by atoms with van der Waals surface area (Å²) >= 11 is 1.21. The minimum Gasteiger partial charge on any atom is -0.343 e. The van der Waals surface area contributed by atoms with Crippen molar-refractivity contribution in [3.05, 3.63) is 98.7 Å². The highest BCUT2D eigenvalue weighted by molar-refractivity contribution is 7.99. The summed E-state index contributed by atoms with van der Waals surface area (Å²) < 4.78 is 29.0. The van der Waals surface area contributed by atoms with Crippen LogP contribution in [-0.2, 0) is 14.8 Å². The van der Waals surface area contributed by atoms with Gasteiger partial charge in [-0.3, -0.25) is 35.4 Å². The molecule has 1 amide bonds. The van der Waals surface area contributed by atoms with Crippen molar-refractivity contribution in [3.63, 3.8) is 0 Å². The van der Waals surface area contributed by atoms with Gasteiger partial charge in [0, 0.05) is 66.4 Å². The largest absolute Gasteiger partial charge is 0.343 e. The van der Waals surface area contributed by atoms with Gasteiger partial charge in [0.25, 0.3) is 11.4 Å². The number of rotatable bonds is 12. The summed E-state index contributed by atoms with van der Waals surface area (Å²) in [5.41, 5.74) is 3.11. The molecular formula is C32H33N7O7S2. The normalized spacial score (nSPS) is 15.4. The number of nitro groups is 2. The minimum absolute atomic E-state index is 0.0285. The number of hydrogen-bond acceptors (Lipinski definition) is 11. The Morgan fingerprint density at radius 3 is 2.56 bits per heavy atom. The van der Waals surface area contributed by atoms with Gasteiger partial charge in [0.05, 0.1) is 38.1 Å². The fourth-order valence-corrected chi connectivity index (χ4v) is 8.23. The number of benzene rings is 3. The van der Waals surface area contributed by atoms with Crippen molar-refractivity contribution in [2.75, 3.05) is 31.6 Å². The van der Waals surface area contributed by atoms with Crippen LogP contribution < -0.4 is 5.43 Å². The molecule has 1 aromatic heterocycles. The van der Waals surface area contributed by atoms with Gasteiger partial charge in [0.2, 0.25) is 15.9 Å². The molecule has 1 fully saturated rings. The Morgan fingerprint density at radius 2 is 1.83 bits per heavy atom. The maximum atomic E-state index is 13.9. The van der Waals surface area contributed by atoms with Crippen molar-refractivity contribution in [1.29, 1.82) is 0 Å². The molecule has 5 rings (SSSR count). The van der Waals surface area contributed by atoms with Crippen LogP contribution in [-0.4, -0.2) is 70.8 Å². The molecule has 48 heavy (non-hydrogen) atoms. The summed E-state index contributed by atoms with van der Waals surface area (Å²) in [4.78, 5) is 42.3. The molecule has 16 heteroatoms. The van der Waals surface area contributed by atoms with E-state index in [2.05, 4.69) is 15.5 Å². The number of nitrogens with one attached hydrogen (secondary N) is 1. The lowest BCUT2D eigenvalue weighted by atomic mass is 9.98. The zero-order valence-corrected chi connectivity index (χ0v) is 27.8. The number of nitrogens with zero attached hydrogens (tertiary/aromatic N) is 6. The molecule has 1 saturated heterocycles. The zero-order valence-electron chi connectivity index (χ0n) is 26.2. The maximum Gasteiger partial charge on any atom is 0.283 e. The second-order valence-corrected chi connectivity index (χ2v) is 13.9. The van der Waals surface area contributed by atoms with Crippen molar-refractivity contribution < 1.29 is 23.1 Å². The van der Waals surface area contributed by atoms with Gasteiger partial charge in [0.15, 0.2) is 0 Å². The van der Waals surface area contributed by atoms with Crippen molar-refractivity contribution in [2.24, 2.45) is 11.0 Å². The van der Waals surface area contributed by atoms with E-state index in [-0.39, 0.29) is 35.3 Å². The number of nitro benzene ring substituents is 2. The summed E-state index contributed by atoms with van der Waals surface area (Å²) in [6.45, 7) is 4.82. The SMILES string of the molecule is CCN(CC)C(=O)[C@@H]1CCCN(S(=O)(=O)c2cc([N+](=O)[O-])ccc2N/N=C\c2ccc(Sc3cccc4cccnc34)c([N+](=O)[O-])c2)C1. The Morgan fingerprint density at radius 1 is 1.06 bits per heavy atom. The molecule has 4 aromatic rings. The highest BCUT2D eigenvalue weighted by Gasteiger charge is 2.36. The Hall–Kier alpha value is -4.93. The molecule has 1 aliphatic rings. The number of aromatic nitrogens is 1. The number of hydrogen-bond donors (Lipinski definition) is 1. The van der Waals surface area contributed by atoms with Crippen molar-refractivity contribution in [3.8, 4) is 0 Å². The summed E-state index contributed by atoms with van der Waals surface area (Å²) in [6, 6.07) is 17.3. The molecule has 1 atom stereocenters. The van der Waals surface area contributed by atoms with Gasteiger partial charge < -0.3 is 4.90 Å². The van der Waals surface area contributed by atoms with Crippen LogP contribution in [0.15, 0.2) is 92.7 Å². The lowest BCUT2D eigenvalue weighted by molar-refractivity contribution is -0.387. The predicted octanol–water partition coefficient (Wildman–Crippen LogP) is 5.92. The average molecular weight is 692 g/mol. The third kappa shape index (κ3) is 7.45. The van der Waals surface area contributed by atoms with E-state index in [1.807, 2.05) is 44.2 Å². The number of sulfonamides is 1. The fraction of sp³-hybridized carbons (Fsp3) is 0.281. The summed E-state index contributed by atoms with van der Waals surface area (Å²) in [7, 11) is -4.29. The van der Waals surface area contributed by atoms with Crippen LogP contribution in [0.4, 0.5) is 17.1 Å². The van der Waals surface area contributed by atoms with Crippen LogP contribution in [0, 0.1) is 26.1 Å². The standard InChI is InChI=1S/C32H33N7O7S2/c1-3-36(4-2)32(40)24-10-7-17-37(21-24)48(45,46)30-19-25(38(41)42)13-14-26(30)35-34-20-22-12-15-28(27(18-22)39(43)44)47-29-11-5-8-23-9-6-16-33-31(23)29/h5-6,8-9,11-16,18-20,24,35H,3-4,7,10,17,21H2,1-2H3/b34-20-/t24-/m1/s1. The minimum atomic E-state index is -4.29. The quantitative estimate of drug-likeness (QED) is 0.106. The van der Waals surface area contributed by atoms with E-state index >= 15 is 0 Å². The van der Waals surface area contributed by atoms with Crippen LogP contribution in [0.5, 0.6) is 0 Å². The highest BCUT2D eigenvalue weighted by atomic mass is 32.2. The molecule has 0 saturated carbocycles. The lowest BCUT2D eigenvalue weighted by Gasteiger charge is -2.34. The van der Waals surface area contributed by atoms with E-state index in [0.717, 1.165) is 27.9 Å². The van der Waals surface area contributed by atoms with Crippen molar-refractivity contribution in [2.45, 2.75) is 41.4 Å². The Balaban J connectivity index is 1.39. The van der Waals surface area contributed by atoms with Gasteiger partial charge in [-0.05, 0) is 51.0 Å². The molecule has 2 heterocycles. The van der Waals surface area contributed by atoms with E-state index in [4.69, 9.17) is 0 Å². The Labute approximate surface area is 281 Å². The zero-order chi connectivity index (χ0) is 34.4. The van der Waals surface area contributed by atoms with Gasteiger partial charge >= 0.3 is 0 Å². The summed E-state index contributed by atoms with van der Waals surface area (Å²) in [6.07, 6.45) is 3.94. The first-order valence-corrected chi connectivity index (χ1v) is 17.5. The molecule has 1 N–H and O–H groups in total. The molecule has 3 aromatic carbocycles. The molecule has 0 aliphatic carbocycles. The van der Waals surface area contributed by atoms with Gasteiger partial charge in [-0.1, -0.05) is 36.0 Å². The topological polar surface area (TPSA) is 181 Å². The number of para-hydroxylation sites is 1.